The van der Waals surface area contributed by atoms with Gasteiger partial charge in [0.1, 0.15) is 0 Å². The number of hydrogen-bond acceptors (Lipinski definition) is 4. The lowest BCUT2D eigenvalue weighted by Gasteiger charge is -2.20. The molecule has 1 saturated heterocycles. The van der Waals surface area contributed by atoms with Crippen molar-refractivity contribution < 1.29 is 4.74 Å². The minimum absolute atomic E-state index is 0.585. The average molecular weight is 254 g/mol. The zero-order valence-corrected chi connectivity index (χ0v) is 11.3. The van der Waals surface area contributed by atoms with E-state index in [0.29, 0.717) is 6.04 Å². The standard InChI is InChI=1S/C13H22N2OS/c1-2-4-15-12(6-11-3-5-16-9-11)7-13-8-14-10-17-13/h8,10-12,15H,2-7,9H2,1H3. The average Bonchev–Trinajstić information content (AvgIpc) is 2.99. The predicted octanol–water partition coefficient (Wildman–Crippen LogP) is 2.48. The van der Waals surface area contributed by atoms with Crippen LogP contribution in [0.3, 0.4) is 0 Å². The fourth-order valence-corrected chi connectivity index (χ4v) is 3.02. The third-order valence-corrected chi connectivity index (χ3v) is 4.06. The van der Waals surface area contributed by atoms with E-state index in [1.807, 2.05) is 11.7 Å². The molecule has 0 spiro atoms. The lowest BCUT2D eigenvalue weighted by molar-refractivity contribution is 0.181. The van der Waals surface area contributed by atoms with Gasteiger partial charge < -0.3 is 10.1 Å². The molecule has 2 heterocycles. The first-order valence-corrected chi connectivity index (χ1v) is 7.45. The van der Waals surface area contributed by atoms with Gasteiger partial charge in [0.25, 0.3) is 0 Å². The van der Waals surface area contributed by atoms with E-state index < -0.39 is 0 Å². The molecule has 0 aliphatic carbocycles. The highest BCUT2D eigenvalue weighted by atomic mass is 32.1. The summed E-state index contributed by atoms with van der Waals surface area (Å²) in [5.74, 6) is 0.747. The number of ether oxygens (including phenoxy) is 1. The Morgan fingerprint density at radius 1 is 1.65 bits per heavy atom. The minimum Gasteiger partial charge on any atom is -0.381 e. The summed E-state index contributed by atoms with van der Waals surface area (Å²) >= 11 is 1.76. The van der Waals surface area contributed by atoms with Crippen LogP contribution in [0.25, 0.3) is 0 Å². The zero-order valence-electron chi connectivity index (χ0n) is 10.5. The molecular formula is C13H22N2OS. The molecule has 1 aliphatic rings. The maximum Gasteiger partial charge on any atom is 0.0794 e. The number of rotatable bonds is 7. The van der Waals surface area contributed by atoms with Gasteiger partial charge in [0.05, 0.1) is 5.51 Å². The Kier molecular flexibility index (Phi) is 5.42. The van der Waals surface area contributed by atoms with Crippen molar-refractivity contribution in [2.24, 2.45) is 5.92 Å². The summed E-state index contributed by atoms with van der Waals surface area (Å²) < 4.78 is 5.46. The predicted molar refractivity (Wildman–Crippen MR) is 71.4 cm³/mol. The molecule has 0 amide bonds. The molecule has 1 aliphatic heterocycles. The normalized spacial score (nSPS) is 21.8. The van der Waals surface area contributed by atoms with Crippen LogP contribution < -0.4 is 5.32 Å². The number of hydrogen-bond donors (Lipinski definition) is 1. The van der Waals surface area contributed by atoms with Gasteiger partial charge in [-0.05, 0) is 38.1 Å². The first kappa shape index (κ1) is 13.0. The molecule has 96 valence electrons. The Hall–Kier alpha value is -0.450. The van der Waals surface area contributed by atoms with Crippen LogP contribution in [0.2, 0.25) is 0 Å². The summed E-state index contributed by atoms with van der Waals surface area (Å²) in [5, 5.41) is 3.66. The van der Waals surface area contributed by atoms with E-state index in [1.165, 1.54) is 24.1 Å². The van der Waals surface area contributed by atoms with E-state index in [1.54, 1.807) is 11.3 Å². The molecule has 0 aromatic carbocycles. The Morgan fingerprint density at radius 2 is 2.59 bits per heavy atom. The van der Waals surface area contributed by atoms with Crippen molar-refractivity contribution in [3.63, 3.8) is 0 Å². The summed E-state index contributed by atoms with van der Waals surface area (Å²) in [5.41, 5.74) is 1.92. The minimum atomic E-state index is 0.585. The largest absolute Gasteiger partial charge is 0.381 e. The van der Waals surface area contributed by atoms with Crippen molar-refractivity contribution in [3.8, 4) is 0 Å². The van der Waals surface area contributed by atoms with Crippen LogP contribution in [0.4, 0.5) is 0 Å². The van der Waals surface area contributed by atoms with Crippen LogP contribution >= 0.6 is 11.3 Å². The smallest absolute Gasteiger partial charge is 0.0794 e. The van der Waals surface area contributed by atoms with Crippen molar-refractivity contribution in [2.45, 2.75) is 38.6 Å². The van der Waals surface area contributed by atoms with Gasteiger partial charge in [-0.1, -0.05) is 6.92 Å². The van der Waals surface area contributed by atoms with Crippen LogP contribution in [0.1, 0.15) is 31.1 Å². The van der Waals surface area contributed by atoms with E-state index in [0.717, 1.165) is 32.1 Å². The molecule has 0 saturated carbocycles. The number of nitrogens with zero attached hydrogens (tertiary/aromatic N) is 1. The highest BCUT2D eigenvalue weighted by Crippen LogP contribution is 2.20. The summed E-state index contributed by atoms with van der Waals surface area (Å²) in [7, 11) is 0. The second-order valence-electron chi connectivity index (χ2n) is 4.79. The van der Waals surface area contributed by atoms with Crippen molar-refractivity contribution in [1.29, 1.82) is 0 Å². The summed E-state index contributed by atoms with van der Waals surface area (Å²) in [4.78, 5) is 5.54. The number of nitrogens with one attached hydrogen (secondary N) is 1. The highest BCUT2D eigenvalue weighted by Gasteiger charge is 2.20. The molecule has 17 heavy (non-hydrogen) atoms. The van der Waals surface area contributed by atoms with Gasteiger partial charge in [-0.3, -0.25) is 4.98 Å². The van der Waals surface area contributed by atoms with Gasteiger partial charge in [0, 0.05) is 30.3 Å². The van der Waals surface area contributed by atoms with Gasteiger partial charge >= 0.3 is 0 Å². The first-order valence-electron chi connectivity index (χ1n) is 6.57. The number of thiazole rings is 1. The SMILES string of the molecule is CCCNC(Cc1cncs1)CC1CCOC1. The maximum absolute atomic E-state index is 5.46. The monoisotopic (exact) mass is 254 g/mol. The molecule has 3 nitrogen and oxygen atoms in total. The topological polar surface area (TPSA) is 34.2 Å². The van der Waals surface area contributed by atoms with Crippen LogP contribution in [0, 0.1) is 5.92 Å². The Morgan fingerprint density at radius 3 is 3.24 bits per heavy atom. The lowest BCUT2D eigenvalue weighted by atomic mass is 9.97. The van der Waals surface area contributed by atoms with Crippen molar-refractivity contribution in [1.82, 2.24) is 10.3 Å². The second kappa shape index (κ2) is 7.09. The first-order chi connectivity index (χ1) is 8.38. The molecule has 1 fully saturated rings. The van der Waals surface area contributed by atoms with E-state index in [9.17, 15) is 0 Å². The summed E-state index contributed by atoms with van der Waals surface area (Å²) in [6.45, 7) is 5.23. The fraction of sp³-hybridized carbons (Fsp3) is 0.769. The summed E-state index contributed by atoms with van der Waals surface area (Å²) in [6, 6.07) is 0.585. The van der Waals surface area contributed by atoms with Crippen LogP contribution in [0.5, 0.6) is 0 Å². The second-order valence-corrected chi connectivity index (χ2v) is 5.76. The molecule has 4 heteroatoms. The Balaban J connectivity index is 1.83. The third-order valence-electron chi connectivity index (χ3n) is 3.26. The van der Waals surface area contributed by atoms with Gasteiger partial charge in [-0.25, -0.2) is 0 Å². The maximum atomic E-state index is 5.46. The van der Waals surface area contributed by atoms with Crippen LogP contribution in [0.15, 0.2) is 11.7 Å². The molecule has 2 unspecified atom stereocenters. The van der Waals surface area contributed by atoms with Crippen LogP contribution in [-0.2, 0) is 11.2 Å². The Bertz CT molecular complexity index is 296. The molecule has 1 aromatic heterocycles. The van der Waals surface area contributed by atoms with Crippen molar-refractivity contribution in [2.75, 3.05) is 19.8 Å². The zero-order chi connectivity index (χ0) is 11.9. The number of aromatic nitrogens is 1. The quantitative estimate of drug-likeness (QED) is 0.811. The molecule has 1 N–H and O–H groups in total. The molecule has 0 bridgehead atoms. The van der Waals surface area contributed by atoms with Gasteiger partial charge in [0.15, 0.2) is 0 Å². The summed E-state index contributed by atoms with van der Waals surface area (Å²) in [6.07, 6.45) is 6.77. The van der Waals surface area contributed by atoms with Gasteiger partial charge in [-0.15, -0.1) is 11.3 Å². The van der Waals surface area contributed by atoms with Gasteiger partial charge in [0.2, 0.25) is 0 Å². The third kappa shape index (κ3) is 4.37. The van der Waals surface area contributed by atoms with E-state index >= 15 is 0 Å². The molecule has 2 atom stereocenters. The molecule has 1 aromatic rings. The van der Waals surface area contributed by atoms with E-state index in [2.05, 4.69) is 17.2 Å². The molecule has 0 radical (unpaired) electrons. The fourth-order valence-electron chi connectivity index (χ4n) is 2.34. The molecule has 2 rings (SSSR count). The molecular weight excluding hydrogens is 232 g/mol. The van der Waals surface area contributed by atoms with Crippen molar-refractivity contribution >= 4 is 11.3 Å². The highest BCUT2D eigenvalue weighted by molar-refractivity contribution is 7.09. The van der Waals surface area contributed by atoms with E-state index in [-0.39, 0.29) is 0 Å². The van der Waals surface area contributed by atoms with E-state index in [4.69, 9.17) is 4.74 Å². The lowest BCUT2D eigenvalue weighted by Crippen LogP contribution is -2.33. The van der Waals surface area contributed by atoms with Crippen molar-refractivity contribution in [3.05, 3.63) is 16.6 Å². The Labute approximate surface area is 108 Å². The van der Waals surface area contributed by atoms with Gasteiger partial charge in [-0.2, -0.15) is 0 Å². The van der Waals surface area contributed by atoms with Crippen LogP contribution in [-0.4, -0.2) is 30.8 Å².